The second-order valence-corrected chi connectivity index (χ2v) is 9.39. The van der Waals surface area contributed by atoms with Gasteiger partial charge in [0, 0.05) is 33.2 Å². The second-order valence-electron chi connectivity index (χ2n) is 7.42. The minimum atomic E-state index is -3.35. The molecular weight excluding hydrogens is 376 g/mol. The number of sulfonamides is 1. The van der Waals surface area contributed by atoms with Gasteiger partial charge < -0.3 is 15.4 Å². The van der Waals surface area contributed by atoms with Crippen LogP contribution in [0, 0.1) is 5.92 Å². The molecule has 8 heteroatoms. The van der Waals surface area contributed by atoms with Crippen molar-refractivity contribution in [1.29, 1.82) is 0 Å². The Balaban J connectivity index is 1.93. The van der Waals surface area contributed by atoms with Crippen molar-refractivity contribution in [2.24, 2.45) is 10.9 Å². The van der Waals surface area contributed by atoms with E-state index in [0.29, 0.717) is 38.8 Å². The largest absolute Gasteiger partial charge is 0.379 e. The van der Waals surface area contributed by atoms with Crippen LogP contribution in [0.4, 0.5) is 0 Å². The Kier molecular flexibility index (Phi) is 9.21. The van der Waals surface area contributed by atoms with Gasteiger partial charge in [-0.3, -0.25) is 4.99 Å². The molecule has 0 bridgehead atoms. The van der Waals surface area contributed by atoms with E-state index >= 15 is 0 Å². The fourth-order valence-corrected chi connectivity index (χ4v) is 4.66. The van der Waals surface area contributed by atoms with E-state index in [1.165, 1.54) is 10.7 Å². The molecule has 0 radical (unpaired) electrons. The number of guanidine groups is 1. The average molecular weight is 411 g/mol. The average Bonchev–Trinajstić information content (AvgIpc) is 2.69. The molecule has 1 fully saturated rings. The number of hydrogen-bond acceptors (Lipinski definition) is 4. The van der Waals surface area contributed by atoms with E-state index in [9.17, 15) is 8.42 Å². The van der Waals surface area contributed by atoms with Crippen molar-refractivity contribution in [3.8, 4) is 0 Å². The third-order valence-corrected chi connectivity index (χ3v) is 6.57. The monoisotopic (exact) mass is 410 g/mol. The maximum atomic E-state index is 12.7. The molecule has 1 heterocycles. The van der Waals surface area contributed by atoms with Crippen molar-refractivity contribution in [3.63, 3.8) is 0 Å². The van der Waals surface area contributed by atoms with Crippen LogP contribution in [0.15, 0.2) is 29.3 Å². The van der Waals surface area contributed by atoms with Crippen molar-refractivity contribution in [2.45, 2.75) is 39.0 Å². The van der Waals surface area contributed by atoms with Crippen LogP contribution in [0.1, 0.15) is 37.8 Å². The van der Waals surface area contributed by atoms with Gasteiger partial charge in [-0.1, -0.05) is 38.1 Å². The molecule has 2 rings (SSSR count). The van der Waals surface area contributed by atoms with Crippen molar-refractivity contribution in [2.75, 3.05) is 39.9 Å². The molecule has 158 valence electrons. The lowest BCUT2D eigenvalue weighted by Crippen LogP contribution is -2.41. The first kappa shape index (κ1) is 22.6. The molecule has 0 unspecified atom stereocenters. The number of rotatable bonds is 9. The SMILES string of the molecule is CN=C(NCCCC(C)C)NCc1ccccc1CS(=O)(=O)N1CCOCC1. The van der Waals surface area contributed by atoms with Crippen LogP contribution in [0.3, 0.4) is 0 Å². The minimum Gasteiger partial charge on any atom is -0.379 e. The number of ether oxygens (including phenoxy) is 1. The van der Waals surface area contributed by atoms with Crippen LogP contribution < -0.4 is 10.6 Å². The molecule has 0 aromatic heterocycles. The Morgan fingerprint density at radius 2 is 1.86 bits per heavy atom. The Morgan fingerprint density at radius 1 is 1.18 bits per heavy atom. The van der Waals surface area contributed by atoms with Crippen molar-refractivity contribution < 1.29 is 13.2 Å². The van der Waals surface area contributed by atoms with Gasteiger partial charge in [0.1, 0.15) is 0 Å². The van der Waals surface area contributed by atoms with Crippen LogP contribution in [-0.2, 0) is 27.1 Å². The summed E-state index contributed by atoms with van der Waals surface area (Å²) in [7, 11) is -1.61. The van der Waals surface area contributed by atoms with E-state index in [-0.39, 0.29) is 5.75 Å². The van der Waals surface area contributed by atoms with Gasteiger partial charge in [0.25, 0.3) is 0 Å². The lowest BCUT2D eigenvalue weighted by Gasteiger charge is -2.26. The minimum absolute atomic E-state index is 0.00523. The standard InChI is InChI=1S/C20H34N4O3S/c1-17(2)7-6-10-22-20(21-3)23-15-18-8-4-5-9-19(18)16-28(25,26)24-11-13-27-14-12-24/h4-5,8-9,17H,6-7,10-16H2,1-3H3,(H2,21,22,23). The first-order valence-electron chi connectivity index (χ1n) is 9.99. The van der Waals surface area contributed by atoms with Crippen molar-refractivity contribution >= 4 is 16.0 Å². The molecular formula is C20H34N4O3S. The summed E-state index contributed by atoms with van der Waals surface area (Å²) in [5, 5.41) is 6.60. The fourth-order valence-electron chi connectivity index (χ4n) is 3.10. The van der Waals surface area contributed by atoms with E-state index in [1.54, 1.807) is 7.05 Å². The molecule has 28 heavy (non-hydrogen) atoms. The molecule has 1 aromatic rings. The molecule has 1 aliphatic rings. The predicted octanol–water partition coefficient (Wildman–Crippen LogP) is 1.95. The van der Waals surface area contributed by atoms with Gasteiger partial charge in [0.05, 0.1) is 19.0 Å². The molecule has 0 amide bonds. The highest BCUT2D eigenvalue weighted by molar-refractivity contribution is 7.88. The second kappa shape index (κ2) is 11.4. The zero-order chi connectivity index (χ0) is 20.4. The number of nitrogens with zero attached hydrogens (tertiary/aromatic N) is 2. The first-order chi connectivity index (χ1) is 13.4. The summed E-state index contributed by atoms with van der Waals surface area (Å²) >= 11 is 0. The lowest BCUT2D eigenvalue weighted by atomic mass is 10.1. The van der Waals surface area contributed by atoms with Gasteiger partial charge in [-0.15, -0.1) is 0 Å². The van der Waals surface area contributed by atoms with Crippen LogP contribution in [-0.4, -0.2) is 58.6 Å². The first-order valence-corrected chi connectivity index (χ1v) is 11.6. The molecule has 0 aliphatic carbocycles. The predicted molar refractivity (Wildman–Crippen MR) is 114 cm³/mol. The number of aliphatic imine (C=N–C) groups is 1. The van der Waals surface area contributed by atoms with Crippen molar-refractivity contribution in [3.05, 3.63) is 35.4 Å². The Labute approximate surface area is 169 Å². The van der Waals surface area contributed by atoms with Gasteiger partial charge in [-0.05, 0) is 29.9 Å². The number of benzene rings is 1. The third kappa shape index (κ3) is 7.41. The summed E-state index contributed by atoms with van der Waals surface area (Å²) in [6.45, 7) is 7.60. The summed E-state index contributed by atoms with van der Waals surface area (Å²) in [6, 6.07) is 7.66. The van der Waals surface area contributed by atoms with Gasteiger partial charge in [-0.25, -0.2) is 8.42 Å². The lowest BCUT2D eigenvalue weighted by molar-refractivity contribution is 0.0729. The van der Waals surface area contributed by atoms with Crippen LogP contribution in [0.5, 0.6) is 0 Å². The highest BCUT2D eigenvalue weighted by Crippen LogP contribution is 2.16. The highest BCUT2D eigenvalue weighted by atomic mass is 32.2. The summed E-state index contributed by atoms with van der Waals surface area (Å²) < 4.78 is 32.3. The van der Waals surface area contributed by atoms with E-state index < -0.39 is 10.0 Å². The van der Waals surface area contributed by atoms with Gasteiger partial charge in [0.15, 0.2) is 5.96 Å². The van der Waals surface area contributed by atoms with E-state index in [4.69, 9.17) is 4.74 Å². The molecule has 1 aromatic carbocycles. The van der Waals surface area contributed by atoms with Crippen LogP contribution in [0.2, 0.25) is 0 Å². The van der Waals surface area contributed by atoms with Gasteiger partial charge in [-0.2, -0.15) is 4.31 Å². The van der Waals surface area contributed by atoms with Crippen LogP contribution >= 0.6 is 0 Å². The van der Waals surface area contributed by atoms with E-state index in [2.05, 4.69) is 29.5 Å². The fraction of sp³-hybridized carbons (Fsp3) is 0.650. The Bertz CT molecular complexity index is 729. The van der Waals surface area contributed by atoms with Gasteiger partial charge in [0.2, 0.25) is 10.0 Å². The quantitative estimate of drug-likeness (QED) is 0.369. The Morgan fingerprint density at radius 3 is 2.50 bits per heavy atom. The molecule has 0 spiro atoms. The van der Waals surface area contributed by atoms with Gasteiger partial charge >= 0.3 is 0 Å². The molecule has 7 nitrogen and oxygen atoms in total. The molecule has 0 atom stereocenters. The number of morpholine rings is 1. The normalized spacial score (nSPS) is 16.4. The summed E-state index contributed by atoms with van der Waals surface area (Å²) in [5.41, 5.74) is 1.78. The maximum absolute atomic E-state index is 12.7. The molecule has 2 N–H and O–H groups in total. The maximum Gasteiger partial charge on any atom is 0.218 e. The third-order valence-electron chi connectivity index (χ3n) is 4.74. The summed E-state index contributed by atoms with van der Waals surface area (Å²) in [6.07, 6.45) is 2.26. The molecule has 1 saturated heterocycles. The topological polar surface area (TPSA) is 83.0 Å². The molecule has 0 saturated carbocycles. The highest BCUT2D eigenvalue weighted by Gasteiger charge is 2.25. The zero-order valence-electron chi connectivity index (χ0n) is 17.3. The number of nitrogens with one attached hydrogen (secondary N) is 2. The van der Waals surface area contributed by atoms with Crippen LogP contribution in [0.25, 0.3) is 0 Å². The van der Waals surface area contributed by atoms with E-state index in [1.807, 2.05) is 24.3 Å². The zero-order valence-corrected chi connectivity index (χ0v) is 18.1. The van der Waals surface area contributed by atoms with E-state index in [0.717, 1.165) is 30.1 Å². The number of hydrogen-bond donors (Lipinski definition) is 2. The summed E-state index contributed by atoms with van der Waals surface area (Å²) in [5.74, 6) is 1.43. The molecule has 1 aliphatic heterocycles. The smallest absolute Gasteiger partial charge is 0.218 e. The summed E-state index contributed by atoms with van der Waals surface area (Å²) in [4.78, 5) is 4.25. The Hall–Kier alpha value is -1.64. The van der Waals surface area contributed by atoms with Crippen molar-refractivity contribution in [1.82, 2.24) is 14.9 Å².